The van der Waals surface area contributed by atoms with Crippen LogP contribution in [0.15, 0.2) is 18.3 Å². The maximum atomic E-state index is 11.5. The smallest absolute Gasteiger partial charge is 0.320 e. The van der Waals surface area contributed by atoms with Gasteiger partial charge >= 0.3 is 6.03 Å². The molecular weight excluding hydrogens is 228 g/mol. The summed E-state index contributed by atoms with van der Waals surface area (Å²) in [6, 6.07) is 3.18. The molecule has 0 radical (unpaired) electrons. The summed E-state index contributed by atoms with van der Waals surface area (Å²) in [5.41, 5.74) is 6.14. The summed E-state index contributed by atoms with van der Waals surface area (Å²) in [7, 11) is 0. The third kappa shape index (κ3) is 5.52. The van der Waals surface area contributed by atoms with Crippen LogP contribution in [0.2, 0.25) is 0 Å². The Kier molecular flexibility index (Phi) is 6.61. The number of nitrogens with one attached hydrogen (secondary N) is 2. The van der Waals surface area contributed by atoms with Gasteiger partial charge in [0, 0.05) is 12.7 Å². The normalized spacial score (nSPS) is 10.1. The van der Waals surface area contributed by atoms with Crippen LogP contribution in [0, 0.1) is 0 Å². The molecule has 0 saturated heterocycles. The Morgan fingerprint density at radius 1 is 1.33 bits per heavy atom. The van der Waals surface area contributed by atoms with Gasteiger partial charge in [0.15, 0.2) is 5.82 Å². The first-order valence-electron chi connectivity index (χ1n) is 6.49. The third-order valence-corrected chi connectivity index (χ3v) is 2.64. The van der Waals surface area contributed by atoms with Crippen LogP contribution in [0.25, 0.3) is 0 Å². The molecule has 0 saturated carbocycles. The van der Waals surface area contributed by atoms with Crippen LogP contribution in [0.1, 0.15) is 39.0 Å². The molecule has 0 fully saturated rings. The van der Waals surface area contributed by atoms with Gasteiger partial charge < -0.3 is 11.1 Å². The second kappa shape index (κ2) is 8.33. The van der Waals surface area contributed by atoms with Crippen molar-refractivity contribution in [3.05, 3.63) is 18.3 Å². The molecule has 0 atom stereocenters. The lowest BCUT2D eigenvalue weighted by Gasteiger charge is -2.08. The van der Waals surface area contributed by atoms with E-state index in [1.807, 2.05) is 0 Å². The fourth-order valence-corrected chi connectivity index (χ4v) is 1.60. The van der Waals surface area contributed by atoms with Crippen molar-refractivity contribution < 1.29 is 4.79 Å². The van der Waals surface area contributed by atoms with Gasteiger partial charge in [-0.2, -0.15) is 0 Å². The van der Waals surface area contributed by atoms with E-state index in [0.717, 1.165) is 12.8 Å². The highest BCUT2D eigenvalue weighted by atomic mass is 16.2. The third-order valence-electron chi connectivity index (χ3n) is 2.64. The first kappa shape index (κ1) is 14.3. The zero-order chi connectivity index (χ0) is 13.2. The molecule has 2 amide bonds. The molecule has 0 aliphatic rings. The highest BCUT2D eigenvalue weighted by Crippen LogP contribution is 2.12. The number of carbonyl (C=O) groups excluding carboxylic acids is 1. The minimum Gasteiger partial charge on any atom is -0.396 e. The van der Waals surface area contributed by atoms with E-state index < -0.39 is 0 Å². The first-order valence-corrected chi connectivity index (χ1v) is 6.49. The zero-order valence-electron chi connectivity index (χ0n) is 10.9. The van der Waals surface area contributed by atoms with Crippen LogP contribution in [0.5, 0.6) is 0 Å². The van der Waals surface area contributed by atoms with Crippen molar-refractivity contribution in [3.63, 3.8) is 0 Å². The van der Waals surface area contributed by atoms with Crippen molar-refractivity contribution in [1.82, 2.24) is 10.3 Å². The molecule has 0 aromatic carbocycles. The Morgan fingerprint density at radius 2 is 2.11 bits per heavy atom. The molecule has 0 aliphatic carbocycles. The van der Waals surface area contributed by atoms with Gasteiger partial charge in [-0.25, -0.2) is 9.78 Å². The molecule has 4 N–H and O–H groups in total. The SMILES string of the molecule is CCCCCCCNC(=O)Nc1ncccc1N. The first-order chi connectivity index (χ1) is 8.74. The highest BCUT2D eigenvalue weighted by Gasteiger charge is 2.04. The van der Waals surface area contributed by atoms with Gasteiger partial charge in [-0.1, -0.05) is 32.6 Å². The summed E-state index contributed by atoms with van der Waals surface area (Å²) in [6.45, 7) is 2.87. The molecule has 1 heterocycles. The van der Waals surface area contributed by atoms with Crippen LogP contribution < -0.4 is 16.4 Å². The fraction of sp³-hybridized carbons (Fsp3) is 0.538. The zero-order valence-corrected chi connectivity index (χ0v) is 10.9. The Bertz CT molecular complexity index is 368. The predicted octanol–water partition coefficient (Wildman–Crippen LogP) is 2.76. The number of urea groups is 1. The van der Waals surface area contributed by atoms with Crippen LogP contribution in [-0.2, 0) is 0 Å². The maximum absolute atomic E-state index is 11.5. The number of hydrogen-bond donors (Lipinski definition) is 3. The predicted molar refractivity (Wildman–Crippen MR) is 74.4 cm³/mol. The van der Waals surface area contributed by atoms with Crippen LogP contribution in [0.4, 0.5) is 16.3 Å². The average Bonchev–Trinajstić information content (AvgIpc) is 2.36. The summed E-state index contributed by atoms with van der Waals surface area (Å²) < 4.78 is 0. The topological polar surface area (TPSA) is 80.0 Å². The summed E-state index contributed by atoms with van der Waals surface area (Å²) in [5, 5.41) is 5.42. The van der Waals surface area contributed by atoms with Crippen molar-refractivity contribution in [2.45, 2.75) is 39.0 Å². The van der Waals surface area contributed by atoms with E-state index in [9.17, 15) is 4.79 Å². The number of carbonyl (C=O) groups is 1. The summed E-state index contributed by atoms with van der Waals surface area (Å²) >= 11 is 0. The Labute approximate surface area is 108 Å². The minimum absolute atomic E-state index is 0.254. The minimum atomic E-state index is -0.254. The molecule has 0 bridgehead atoms. The van der Waals surface area contributed by atoms with E-state index in [1.54, 1.807) is 18.3 Å². The van der Waals surface area contributed by atoms with Crippen molar-refractivity contribution in [2.24, 2.45) is 0 Å². The lowest BCUT2D eigenvalue weighted by atomic mass is 10.1. The van der Waals surface area contributed by atoms with Crippen molar-refractivity contribution in [3.8, 4) is 0 Å². The van der Waals surface area contributed by atoms with Gasteiger partial charge in [0.05, 0.1) is 5.69 Å². The number of hydrogen-bond acceptors (Lipinski definition) is 3. The van der Waals surface area contributed by atoms with Crippen molar-refractivity contribution in [2.75, 3.05) is 17.6 Å². The molecule has 5 heteroatoms. The van der Waals surface area contributed by atoms with E-state index >= 15 is 0 Å². The summed E-state index contributed by atoms with van der Waals surface area (Å²) in [5.74, 6) is 0.404. The second-order valence-electron chi connectivity index (χ2n) is 4.24. The van der Waals surface area contributed by atoms with Gasteiger partial charge in [-0.3, -0.25) is 5.32 Å². The number of amides is 2. The monoisotopic (exact) mass is 250 g/mol. The van der Waals surface area contributed by atoms with E-state index in [2.05, 4.69) is 22.5 Å². The molecule has 0 spiro atoms. The van der Waals surface area contributed by atoms with Crippen LogP contribution in [-0.4, -0.2) is 17.6 Å². The number of unbranched alkanes of at least 4 members (excludes halogenated alkanes) is 4. The lowest BCUT2D eigenvalue weighted by Crippen LogP contribution is -2.30. The molecule has 1 aromatic rings. The number of nitrogens with zero attached hydrogens (tertiary/aromatic N) is 1. The van der Waals surface area contributed by atoms with Gasteiger partial charge in [-0.05, 0) is 18.6 Å². The number of rotatable bonds is 7. The maximum Gasteiger partial charge on any atom is 0.320 e. The van der Waals surface area contributed by atoms with Crippen molar-refractivity contribution in [1.29, 1.82) is 0 Å². The number of anilines is 2. The number of nitrogens with two attached hydrogens (primary N) is 1. The second-order valence-corrected chi connectivity index (χ2v) is 4.24. The van der Waals surface area contributed by atoms with Gasteiger partial charge in [0.1, 0.15) is 0 Å². The Balaban J connectivity index is 2.16. The average molecular weight is 250 g/mol. The van der Waals surface area contributed by atoms with E-state index in [-0.39, 0.29) is 6.03 Å². The quantitative estimate of drug-likeness (QED) is 0.651. The van der Waals surface area contributed by atoms with Crippen molar-refractivity contribution >= 4 is 17.5 Å². The van der Waals surface area contributed by atoms with Gasteiger partial charge in [0.2, 0.25) is 0 Å². The lowest BCUT2D eigenvalue weighted by molar-refractivity contribution is 0.252. The van der Waals surface area contributed by atoms with E-state index in [4.69, 9.17) is 5.73 Å². The largest absolute Gasteiger partial charge is 0.396 e. The van der Waals surface area contributed by atoms with E-state index in [0.29, 0.717) is 18.1 Å². The number of aromatic nitrogens is 1. The summed E-state index contributed by atoms with van der Waals surface area (Å²) in [6.07, 6.45) is 7.47. The van der Waals surface area contributed by atoms with Crippen LogP contribution >= 0.6 is 0 Å². The molecule has 100 valence electrons. The molecule has 1 rings (SSSR count). The molecular formula is C13H22N4O. The molecule has 1 aromatic heterocycles. The number of nitrogen functional groups attached to an aromatic ring is 1. The molecule has 0 aliphatic heterocycles. The molecule has 18 heavy (non-hydrogen) atoms. The Hall–Kier alpha value is -1.78. The fourth-order valence-electron chi connectivity index (χ4n) is 1.60. The van der Waals surface area contributed by atoms with Gasteiger partial charge in [-0.15, -0.1) is 0 Å². The Morgan fingerprint density at radius 3 is 2.83 bits per heavy atom. The highest BCUT2D eigenvalue weighted by molar-refractivity contribution is 5.90. The van der Waals surface area contributed by atoms with E-state index in [1.165, 1.54) is 19.3 Å². The molecule has 5 nitrogen and oxygen atoms in total. The van der Waals surface area contributed by atoms with Crippen LogP contribution in [0.3, 0.4) is 0 Å². The standard InChI is InChI=1S/C13H22N4O/c1-2-3-4-5-6-9-16-13(18)17-12-11(14)8-7-10-15-12/h7-8,10H,2-6,9,14H2,1H3,(H2,15,16,17,18). The van der Waals surface area contributed by atoms with Gasteiger partial charge in [0.25, 0.3) is 0 Å². The summed E-state index contributed by atoms with van der Waals surface area (Å²) in [4.78, 5) is 15.5. The number of pyridine rings is 1. The molecule has 0 unspecified atom stereocenters.